The Morgan fingerprint density at radius 3 is 2.59 bits per heavy atom. The molecule has 0 unspecified atom stereocenters. The minimum absolute atomic E-state index is 0.104. The molecule has 9 nitrogen and oxygen atoms in total. The molecule has 0 aliphatic carbocycles. The number of fused-ring (bicyclic) bond motifs is 1. The quantitative estimate of drug-likeness (QED) is 0.258. The maximum absolute atomic E-state index is 13.1. The number of nitrogens with zero attached hydrogens (tertiary/aromatic N) is 3. The fourth-order valence-corrected chi connectivity index (χ4v) is 4.39. The van der Waals surface area contributed by atoms with E-state index in [0.717, 1.165) is 16.6 Å². The third-order valence-electron chi connectivity index (χ3n) is 6.60. The summed E-state index contributed by atoms with van der Waals surface area (Å²) in [5, 5.41) is 14.7. The molecule has 190 valence electrons. The maximum atomic E-state index is 13.1. The Hall–Kier alpha value is -4.24. The molecule has 0 saturated carbocycles. The summed E-state index contributed by atoms with van der Waals surface area (Å²) in [5.74, 6) is 0.400. The summed E-state index contributed by atoms with van der Waals surface area (Å²) in [6, 6.07) is 16.1. The van der Waals surface area contributed by atoms with Crippen molar-refractivity contribution >= 4 is 34.1 Å². The largest absolute Gasteiger partial charge is 0.436 e. The van der Waals surface area contributed by atoms with Crippen LogP contribution in [0.15, 0.2) is 59.0 Å². The van der Waals surface area contributed by atoms with Crippen LogP contribution in [0.1, 0.15) is 41.3 Å². The third kappa shape index (κ3) is 5.03. The van der Waals surface area contributed by atoms with Gasteiger partial charge in [-0.15, -0.1) is 0 Å². The van der Waals surface area contributed by atoms with E-state index in [2.05, 4.69) is 24.1 Å². The molecule has 0 radical (unpaired) electrons. The molecule has 0 atom stereocenters. The summed E-state index contributed by atoms with van der Waals surface area (Å²) in [6.07, 6.45) is 0. The average Bonchev–Trinajstić information content (AvgIpc) is 3.33. The van der Waals surface area contributed by atoms with Crippen LogP contribution in [-0.2, 0) is 4.74 Å². The molecule has 37 heavy (non-hydrogen) atoms. The molecule has 1 aromatic heterocycles. The van der Waals surface area contributed by atoms with E-state index >= 15 is 0 Å². The van der Waals surface area contributed by atoms with Crippen LogP contribution < -0.4 is 10.2 Å². The Kier molecular flexibility index (Phi) is 6.62. The molecule has 4 aromatic rings. The van der Waals surface area contributed by atoms with Crippen molar-refractivity contribution in [3.8, 4) is 11.5 Å². The van der Waals surface area contributed by atoms with Gasteiger partial charge in [-0.1, -0.05) is 26.0 Å². The summed E-state index contributed by atoms with van der Waals surface area (Å²) in [7, 11) is 0. The number of aromatic nitrogens is 1. The molecular formula is C28H28N4O5. The SMILES string of the molecule is Cc1ccc(-c2nc3cc(C(C)C)ccc3o2)cc1NC(=O)c1ccc(N2CCOCC2)c([N+](=O)[O-])c1. The molecule has 2 heterocycles. The first-order chi connectivity index (χ1) is 17.8. The molecule has 1 aliphatic rings. The summed E-state index contributed by atoms with van der Waals surface area (Å²) >= 11 is 0. The van der Waals surface area contributed by atoms with Crippen LogP contribution in [0.3, 0.4) is 0 Å². The number of benzene rings is 3. The zero-order chi connectivity index (χ0) is 26.1. The van der Waals surface area contributed by atoms with Gasteiger partial charge in [0.05, 0.1) is 18.1 Å². The van der Waals surface area contributed by atoms with Gasteiger partial charge in [-0.2, -0.15) is 0 Å². The Morgan fingerprint density at radius 2 is 1.86 bits per heavy atom. The molecule has 1 fully saturated rings. The van der Waals surface area contributed by atoms with Crippen molar-refractivity contribution in [2.75, 3.05) is 36.5 Å². The first-order valence-corrected chi connectivity index (χ1v) is 12.2. The number of rotatable bonds is 6. The van der Waals surface area contributed by atoms with E-state index in [4.69, 9.17) is 9.15 Å². The number of anilines is 2. The molecule has 9 heteroatoms. The summed E-state index contributed by atoms with van der Waals surface area (Å²) in [4.78, 5) is 31.0. The van der Waals surface area contributed by atoms with Gasteiger partial charge in [0.1, 0.15) is 11.2 Å². The molecule has 1 saturated heterocycles. The second-order valence-corrected chi connectivity index (χ2v) is 9.44. The number of hydrogen-bond acceptors (Lipinski definition) is 7. The standard InChI is InChI=1S/C28H28N4O5/c1-17(2)19-7-9-26-23(14-19)30-28(37-26)21-5-4-18(3)22(15-21)29-27(33)20-6-8-24(25(16-20)32(34)35)31-10-12-36-13-11-31/h4-9,14-17H,10-13H2,1-3H3,(H,29,33). The van der Waals surface area contributed by atoms with Crippen molar-refractivity contribution in [3.05, 3.63) is 81.4 Å². The molecule has 0 spiro atoms. The lowest BCUT2D eigenvalue weighted by molar-refractivity contribution is -0.384. The van der Waals surface area contributed by atoms with Crippen molar-refractivity contribution in [2.24, 2.45) is 0 Å². The second-order valence-electron chi connectivity index (χ2n) is 9.44. The van der Waals surface area contributed by atoms with Crippen LogP contribution in [0.2, 0.25) is 0 Å². The summed E-state index contributed by atoms with van der Waals surface area (Å²) < 4.78 is 11.3. The number of aryl methyl sites for hydroxylation is 1. The van der Waals surface area contributed by atoms with Crippen LogP contribution in [0.5, 0.6) is 0 Å². The third-order valence-corrected chi connectivity index (χ3v) is 6.60. The number of nitrogens with one attached hydrogen (secondary N) is 1. The van der Waals surface area contributed by atoms with Gasteiger partial charge in [-0.3, -0.25) is 14.9 Å². The number of amides is 1. The molecule has 5 rings (SSSR count). The Balaban J connectivity index is 1.41. The van der Waals surface area contributed by atoms with Crippen LogP contribution in [0.4, 0.5) is 17.1 Å². The zero-order valence-corrected chi connectivity index (χ0v) is 21.0. The van der Waals surface area contributed by atoms with E-state index in [9.17, 15) is 14.9 Å². The zero-order valence-electron chi connectivity index (χ0n) is 21.0. The predicted molar refractivity (Wildman–Crippen MR) is 142 cm³/mol. The molecule has 1 N–H and O–H groups in total. The van der Waals surface area contributed by atoms with Crippen molar-refractivity contribution in [2.45, 2.75) is 26.7 Å². The number of morpholine rings is 1. The van der Waals surface area contributed by atoms with Gasteiger partial charge in [-0.25, -0.2) is 4.98 Å². The summed E-state index contributed by atoms with van der Waals surface area (Å²) in [6.45, 7) is 8.27. The van der Waals surface area contributed by atoms with Crippen molar-refractivity contribution in [3.63, 3.8) is 0 Å². The lowest BCUT2D eigenvalue weighted by Gasteiger charge is -2.28. The van der Waals surface area contributed by atoms with Crippen LogP contribution in [0, 0.1) is 17.0 Å². The van der Waals surface area contributed by atoms with Gasteiger partial charge in [0.15, 0.2) is 5.58 Å². The lowest BCUT2D eigenvalue weighted by Crippen LogP contribution is -2.36. The fourth-order valence-electron chi connectivity index (χ4n) is 4.39. The topological polar surface area (TPSA) is 111 Å². The molecule has 0 bridgehead atoms. The minimum Gasteiger partial charge on any atom is -0.436 e. The van der Waals surface area contributed by atoms with Gasteiger partial charge < -0.3 is 19.4 Å². The van der Waals surface area contributed by atoms with Crippen LogP contribution >= 0.6 is 0 Å². The van der Waals surface area contributed by atoms with Gasteiger partial charge in [0.2, 0.25) is 5.89 Å². The smallest absolute Gasteiger partial charge is 0.293 e. The van der Waals surface area contributed by atoms with E-state index < -0.39 is 10.8 Å². The highest BCUT2D eigenvalue weighted by atomic mass is 16.6. The number of nitro groups is 1. The number of carbonyl (C=O) groups excluding carboxylic acids is 1. The Labute approximate surface area is 214 Å². The lowest BCUT2D eigenvalue weighted by atomic mass is 10.0. The number of nitro benzene ring substituents is 1. The molecule has 3 aromatic carbocycles. The monoisotopic (exact) mass is 500 g/mol. The van der Waals surface area contributed by atoms with E-state index in [-0.39, 0.29) is 11.3 Å². The highest BCUT2D eigenvalue weighted by molar-refractivity contribution is 6.05. The molecular weight excluding hydrogens is 472 g/mol. The van der Waals surface area contributed by atoms with Gasteiger partial charge in [-0.05, 0) is 60.4 Å². The first kappa shape index (κ1) is 24.5. The predicted octanol–water partition coefficient (Wildman–Crippen LogP) is 5.92. The van der Waals surface area contributed by atoms with E-state index in [1.54, 1.807) is 18.2 Å². The number of oxazole rings is 1. The Morgan fingerprint density at radius 1 is 1.08 bits per heavy atom. The fraction of sp³-hybridized carbons (Fsp3) is 0.286. The maximum Gasteiger partial charge on any atom is 0.293 e. The van der Waals surface area contributed by atoms with Crippen molar-refractivity contribution in [1.29, 1.82) is 0 Å². The van der Waals surface area contributed by atoms with Crippen LogP contribution in [-0.4, -0.2) is 42.1 Å². The number of carbonyl (C=O) groups is 1. The minimum atomic E-state index is -0.453. The van der Waals surface area contributed by atoms with Crippen molar-refractivity contribution < 1.29 is 18.9 Å². The average molecular weight is 501 g/mol. The first-order valence-electron chi connectivity index (χ1n) is 12.2. The molecule has 1 aliphatic heterocycles. The van der Waals surface area contributed by atoms with Crippen molar-refractivity contribution in [1.82, 2.24) is 4.98 Å². The van der Waals surface area contributed by atoms with E-state index in [1.165, 1.54) is 11.6 Å². The summed E-state index contributed by atoms with van der Waals surface area (Å²) in [5.41, 5.74) is 5.37. The van der Waals surface area contributed by atoms with Crippen LogP contribution in [0.25, 0.3) is 22.6 Å². The molecule has 1 amide bonds. The van der Waals surface area contributed by atoms with E-state index in [0.29, 0.717) is 55.1 Å². The highest BCUT2D eigenvalue weighted by Crippen LogP contribution is 2.32. The second kappa shape index (κ2) is 10.0. The highest BCUT2D eigenvalue weighted by Gasteiger charge is 2.24. The Bertz CT molecular complexity index is 1490. The number of hydrogen-bond donors (Lipinski definition) is 1. The normalized spacial score (nSPS) is 13.8. The van der Waals surface area contributed by atoms with Gasteiger partial charge in [0.25, 0.3) is 11.6 Å². The van der Waals surface area contributed by atoms with Gasteiger partial charge >= 0.3 is 0 Å². The van der Waals surface area contributed by atoms with Gasteiger partial charge in [0, 0.05) is 36.0 Å². The van der Waals surface area contributed by atoms with E-state index in [1.807, 2.05) is 42.2 Å². The number of ether oxygens (including phenoxy) is 1.